The summed E-state index contributed by atoms with van der Waals surface area (Å²) in [4.78, 5) is 14.4. The van der Waals surface area contributed by atoms with Crippen molar-refractivity contribution in [3.63, 3.8) is 0 Å². The molecule has 0 unspecified atom stereocenters. The first-order chi connectivity index (χ1) is 9.15. The molecular weight excluding hydrogens is 244 g/mol. The Hall–Kier alpha value is -1.66. The Kier molecular flexibility index (Phi) is 3.12. The number of nitrogens with zero attached hydrogens (tertiary/aromatic N) is 4. The monoisotopic (exact) mass is 262 g/mol. The van der Waals surface area contributed by atoms with Crippen LogP contribution in [0.15, 0.2) is 29.2 Å². The number of pyridine rings is 1. The number of rotatable bonds is 2. The molecular formula is C13H18N4O2. The molecule has 19 heavy (non-hydrogen) atoms. The standard InChI is InChI=1S/C13H18N4O2/c1-10-8-19-11(2)7-15(10)9-17-13(18)16-6-4-3-5-12(16)14-17/h3-6,10-11H,7-9H2,1-2H3/t10-,11-/m0/s1. The van der Waals surface area contributed by atoms with E-state index >= 15 is 0 Å². The van der Waals surface area contributed by atoms with Gasteiger partial charge in [0.15, 0.2) is 5.65 Å². The van der Waals surface area contributed by atoms with E-state index in [2.05, 4.69) is 16.9 Å². The Morgan fingerprint density at radius 1 is 1.42 bits per heavy atom. The van der Waals surface area contributed by atoms with Crippen LogP contribution in [0.2, 0.25) is 0 Å². The number of aromatic nitrogens is 3. The molecule has 0 bridgehead atoms. The van der Waals surface area contributed by atoms with Crippen LogP contribution in [0, 0.1) is 0 Å². The smallest absolute Gasteiger partial charge is 0.351 e. The summed E-state index contributed by atoms with van der Waals surface area (Å²) < 4.78 is 8.67. The van der Waals surface area contributed by atoms with Gasteiger partial charge in [-0.3, -0.25) is 9.30 Å². The summed E-state index contributed by atoms with van der Waals surface area (Å²) in [5.41, 5.74) is 0.586. The Balaban J connectivity index is 1.88. The topological polar surface area (TPSA) is 51.8 Å². The van der Waals surface area contributed by atoms with E-state index in [0.29, 0.717) is 25.0 Å². The molecule has 2 aromatic rings. The van der Waals surface area contributed by atoms with Crippen molar-refractivity contribution < 1.29 is 4.74 Å². The van der Waals surface area contributed by atoms with Crippen molar-refractivity contribution in [2.45, 2.75) is 32.7 Å². The van der Waals surface area contributed by atoms with E-state index < -0.39 is 0 Å². The molecule has 0 N–H and O–H groups in total. The fourth-order valence-electron chi connectivity index (χ4n) is 2.40. The van der Waals surface area contributed by atoms with Crippen LogP contribution in [-0.2, 0) is 11.4 Å². The lowest BCUT2D eigenvalue weighted by Gasteiger charge is -2.36. The molecule has 102 valence electrons. The fraction of sp³-hybridized carbons (Fsp3) is 0.538. The molecule has 0 aromatic carbocycles. The van der Waals surface area contributed by atoms with E-state index in [1.54, 1.807) is 10.6 Å². The number of ether oxygens (including phenoxy) is 1. The molecule has 2 aromatic heterocycles. The van der Waals surface area contributed by atoms with Gasteiger partial charge in [-0.25, -0.2) is 4.79 Å². The predicted octanol–water partition coefficient (Wildman–Crippen LogP) is 0.563. The summed E-state index contributed by atoms with van der Waals surface area (Å²) in [6, 6.07) is 5.85. The first-order valence-corrected chi connectivity index (χ1v) is 6.55. The van der Waals surface area contributed by atoms with Crippen molar-refractivity contribution in [2.24, 2.45) is 0 Å². The molecule has 3 heterocycles. The highest BCUT2D eigenvalue weighted by Crippen LogP contribution is 2.11. The first kappa shape index (κ1) is 12.4. The SMILES string of the molecule is C[C@H]1CN(Cn2nc3ccccn3c2=O)[C@@H](C)CO1. The van der Waals surface area contributed by atoms with E-state index in [-0.39, 0.29) is 11.8 Å². The normalized spacial score (nSPS) is 24.9. The van der Waals surface area contributed by atoms with Gasteiger partial charge in [-0.15, -0.1) is 5.10 Å². The van der Waals surface area contributed by atoms with Gasteiger partial charge in [0.1, 0.15) is 0 Å². The number of hydrogen-bond donors (Lipinski definition) is 0. The summed E-state index contributed by atoms with van der Waals surface area (Å²) in [5, 5.41) is 4.35. The molecule has 2 atom stereocenters. The minimum atomic E-state index is -0.0954. The van der Waals surface area contributed by atoms with Gasteiger partial charge < -0.3 is 4.74 Å². The largest absolute Gasteiger partial charge is 0.376 e. The third-order valence-corrected chi connectivity index (χ3v) is 3.54. The summed E-state index contributed by atoms with van der Waals surface area (Å²) in [6.07, 6.45) is 1.94. The van der Waals surface area contributed by atoms with Gasteiger partial charge in [-0.05, 0) is 26.0 Å². The third-order valence-electron chi connectivity index (χ3n) is 3.54. The average molecular weight is 262 g/mol. The lowest BCUT2D eigenvalue weighted by atomic mass is 10.2. The lowest BCUT2D eigenvalue weighted by Crippen LogP contribution is -2.49. The van der Waals surface area contributed by atoms with Gasteiger partial charge >= 0.3 is 5.69 Å². The second kappa shape index (κ2) is 4.79. The van der Waals surface area contributed by atoms with Crippen LogP contribution in [0.25, 0.3) is 5.65 Å². The van der Waals surface area contributed by atoms with Crippen molar-refractivity contribution >= 4 is 5.65 Å². The van der Waals surface area contributed by atoms with Crippen molar-refractivity contribution in [3.05, 3.63) is 34.9 Å². The summed E-state index contributed by atoms with van der Waals surface area (Å²) in [5.74, 6) is 0. The fourth-order valence-corrected chi connectivity index (χ4v) is 2.40. The first-order valence-electron chi connectivity index (χ1n) is 6.55. The number of fused-ring (bicyclic) bond motifs is 1. The summed E-state index contributed by atoms with van der Waals surface area (Å²) >= 11 is 0. The summed E-state index contributed by atoms with van der Waals surface area (Å²) in [7, 11) is 0. The minimum absolute atomic E-state index is 0.0954. The van der Waals surface area contributed by atoms with Crippen LogP contribution in [-0.4, -0.2) is 44.4 Å². The average Bonchev–Trinajstić information content (AvgIpc) is 2.72. The minimum Gasteiger partial charge on any atom is -0.376 e. The zero-order valence-electron chi connectivity index (χ0n) is 11.2. The van der Waals surface area contributed by atoms with Crippen LogP contribution >= 0.6 is 0 Å². The Morgan fingerprint density at radius 3 is 3.05 bits per heavy atom. The van der Waals surface area contributed by atoms with E-state index in [1.165, 1.54) is 4.68 Å². The summed E-state index contributed by atoms with van der Waals surface area (Å²) in [6.45, 7) is 6.18. The van der Waals surface area contributed by atoms with E-state index in [0.717, 1.165) is 6.54 Å². The van der Waals surface area contributed by atoms with Crippen LogP contribution in [0.5, 0.6) is 0 Å². The van der Waals surface area contributed by atoms with Crippen molar-refractivity contribution in [1.82, 2.24) is 19.1 Å². The molecule has 0 radical (unpaired) electrons. The Labute approximate surface area is 111 Å². The molecule has 0 amide bonds. The van der Waals surface area contributed by atoms with Gasteiger partial charge in [-0.1, -0.05) is 6.07 Å². The second-order valence-corrected chi connectivity index (χ2v) is 5.12. The molecule has 0 aliphatic carbocycles. The van der Waals surface area contributed by atoms with E-state index in [1.807, 2.05) is 25.1 Å². The molecule has 1 saturated heterocycles. The molecule has 6 nitrogen and oxygen atoms in total. The van der Waals surface area contributed by atoms with Crippen LogP contribution in [0.4, 0.5) is 0 Å². The molecule has 6 heteroatoms. The Bertz CT molecular complexity index is 633. The highest BCUT2D eigenvalue weighted by Gasteiger charge is 2.24. The maximum atomic E-state index is 12.2. The van der Waals surface area contributed by atoms with Crippen molar-refractivity contribution in [2.75, 3.05) is 13.2 Å². The molecule has 1 fully saturated rings. The molecule has 1 aliphatic rings. The van der Waals surface area contributed by atoms with Crippen LogP contribution in [0.3, 0.4) is 0 Å². The molecule has 0 saturated carbocycles. The number of hydrogen-bond acceptors (Lipinski definition) is 4. The highest BCUT2D eigenvalue weighted by atomic mass is 16.5. The van der Waals surface area contributed by atoms with Gasteiger partial charge in [-0.2, -0.15) is 4.68 Å². The molecule has 1 aliphatic heterocycles. The maximum absolute atomic E-state index is 12.2. The van der Waals surface area contributed by atoms with Crippen LogP contribution in [0.1, 0.15) is 13.8 Å². The third kappa shape index (κ3) is 2.29. The quantitative estimate of drug-likeness (QED) is 0.793. The highest BCUT2D eigenvalue weighted by molar-refractivity contribution is 5.35. The lowest BCUT2D eigenvalue weighted by molar-refractivity contribution is -0.0626. The number of morpholine rings is 1. The van der Waals surface area contributed by atoms with Crippen molar-refractivity contribution in [3.8, 4) is 0 Å². The van der Waals surface area contributed by atoms with Crippen LogP contribution < -0.4 is 5.69 Å². The van der Waals surface area contributed by atoms with Gasteiger partial charge in [0.25, 0.3) is 0 Å². The van der Waals surface area contributed by atoms with Crippen molar-refractivity contribution in [1.29, 1.82) is 0 Å². The van der Waals surface area contributed by atoms with E-state index in [9.17, 15) is 4.79 Å². The van der Waals surface area contributed by atoms with Gasteiger partial charge in [0.05, 0.1) is 19.4 Å². The van der Waals surface area contributed by atoms with Gasteiger partial charge in [0.2, 0.25) is 0 Å². The zero-order valence-corrected chi connectivity index (χ0v) is 11.2. The molecule has 3 rings (SSSR count). The van der Waals surface area contributed by atoms with E-state index in [4.69, 9.17) is 4.74 Å². The predicted molar refractivity (Wildman–Crippen MR) is 71.0 cm³/mol. The second-order valence-electron chi connectivity index (χ2n) is 5.12. The maximum Gasteiger partial charge on any atom is 0.351 e. The van der Waals surface area contributed by atoms with Gasteiger partial charge in [0, 0.05) is 18.8 Å². The molecule has 0 spiro atoms. The Morgan fingerprint density at radius 2 is 2.26 bits per heavy atom. The zero-order chi connectivity index (χ0) is 13.4.